The van der Waals surface area contributed by atoms with Crippen LogP contribution in [-0.4, -0.2) is 66.9 Å². The van der Waals surface area contributed by atoms with Crippen LogP contribution in [0.25, 0.3) is 11.0 Å². The van der Waals surface area contributed by atoms with E-state index in [0.717, 1.165) is 55.6 Å². The first-order valence-corrected chi connectivity index (χ1v) is 13.6. The van der Waals surface area contributed by atoms with E-state index in [1.54, 1.807) is 4.57 Å². The summed E-state index contributed by atoms with van der Waals surface area (Å²) in [6, 6.07) is 8.11. The summed E-state index contributed by atoms with van der Waals surface area (Å²) in [5.41, 5.74) is 3.28. The quantitative estimate of drug-likeness (QED) is 0.429. The number of likely N-dealkylation sites (tertiary alicyclic amines) is 1. The van der Waals surface area contributed by atoms with Crippen molar-refractivity contribution in [2.45, 2.75) is 75.0 Å². The molecule has 6 atom stereocenters. The van der Waals surface area contributed by atoms with Gasteiger partial charge in [0.2, 0.25) is 0 Å². The Hall–Kier alpha value is -2.55. The Morgan fingerprint density at radius 3 is 2.19 bits per heavy atom. The van der Waals surface area contributed by atoms with Gasteiger partial charge in [-0.2, -0.15) is 0 Å². The van der Waals surface area contributed by atoms with Crippen molar-refractivity contribution in [1.29, 1.82) is 0 Å². The normalized spacial score (nSPS) is 32.6. The van der Waals surface area contributed by atoms with Gasteiger partial charge in [-0.1, -0.05) is 23.7 Å². The maximum atomic E-state index is 11.0. The highest BCUT2D eigenvalue weighted by Gasteiger charge is 2.54. The molecule has 3 aliphatic carbocycles. The van der Waals surface area contributed by atoms with Crippen LogP contribution in [0.2, 0.25) is 0 Å². The molecule has 0 amide bonds. The molecule has 3 aromatic rings. The second-order valence-corrected chi connectivity index (χ2v) is 11.6. The summed E-state index contributed by atoms with van der Waals surface area (Å²) < 4.78 is 7.20. The summed E-state index contributed by atoms with van der Waals surface area (Å²) in [6.45, 7) is 3.72. The van der Waals surface area contributed by atoms with Gasteiger partial charge in [-0.3, -0.25) is 4.57 Å². The summed E-state index contributed by atoms with van der Waals surface area (Å²) in [5.74, 6) is 0.961. The fourth-order valence-corrected chi connectivity index (χ4v) is 7.89. The van der Waals surface area contributed by atoms with Gasteiger partial charge in [0, 0.05) is 47.4 Å². The van der Waals surface area contributed by atoms with Crippen LogP contribution in [0.1, 0.15) is 73.1 Å². The largest absolute Gasteiger partial charge is 0.494 e. The molecule has 1 aromatic carbocycles. The van der Waals surface area contributed by atoms with E-state index in [1.807, 2.05) is 18.2 Å². The highest BCUT2D eigenvalue weighted by atomic mass is 16.5. The van der Waals surface area contributed by atoms with Crippen molar-refractivity contribution < 1.29 is 24.9 Å². The fourth-order valence-electron chi connectivity index (χ4n) is 7.89. The van der Waals surface area contributed by atoms with Crippen molar-refractivity contribution in [3.63, 3.8) is 0 Å². The van der Waals surface area contributed by atoms with E-state index in [4.69, 9.17) is 4.52 Å². The van der Waals surface area contributed by atoms with Gasteiger partial charge in [-0.25, -0.2) is 0 Å². The number of benzene rings is 1. The van der Waals surface area contributed by atoms with Crippen LogP contribution in [0.3, 0.4) is 0 Å². The molecule has 4 aliphatic rings. The van der Waals surface area contributed by atoms with E-state index < -0.39 is 12.2 Å². The topological polar surface area (TPSA) is 115 Å². The lowest BCUT2D eigenvalue weighted by Gasteiger charge is -2.34. The number of aliphatic hydroxyl groups excluding tert-OH is 2. The van der Waals surface area contributed by atoms with Crippen LogP contribution in [0.15, 0.2) is 28.8 Å². The van der Waals surface area contributed by atoms with Crippen molar-refractivity contribution in [2.24, 2.45) is 11.8 Å². The molecule has 0 spiro atoms. The van der Waals surface area contributed by atoms with Crippen molar-refractivity contribution in [3.05, 3.63) is 41.1 Å². The average Bonchev–Trinajstić information content (AvgIpc) is 3.69. The van der Waals surface area contributed by atoms with E-state index in [0.29, 0.717) is 41.8 Å². The summed E-state index contributed by atoms with van der Waals surface area (Å²) in [5, 5.41) is 48.2. The third kappa shape index (κ3) is 3.34. The third-order valence-corrected chi connectivity index (χ3v) is 9.81. The van der Waals surface area contributed by atoms with Crippen LogP contribution in [0.5, 0.6) is 11.8 Å². The fraction of sp³-hybridized carbons (Fsp3) is 0.607. The highest BCUT2D eigenvalue weighted by molar-refractivity contribution is 5.79. The maximum Gasteiger partial charge on any atom is 0.197 e. The van der Waals surface area contributed by atoms with E-state index in [2.05, 4.69) is 16.1 Å². The second-order valence-electron chi connectivity index (χ2n) is 11.6. The number of rotatable bonds is 5. The molecule has 8 nitrogen and oxygen atoms in total. The molecule has 0 radical (unpaired) electrons. The van der Waals surface area contributed by atoms with Crippen molar-refractivity contribution >= 4 is 11.0 Å². The van der Waals surface area contributed by atoms with Crippen molar-refractivity contribution in [3.8, 4) is 11.8 Å². The molecule has 4 N–H and O–H groups in total. The van der Waals surface area contributed by atoms with Gasteiger partial charge in [-0.15, -0.1) is 0 Å². The van der Waals surface area contributed by atoms with E-state index in [1.165, 1.54) is 12.8 Å². The molecule has 36 heavy (non-hydrogen) atoms. The van der Waals surface area contributed by atoms with Gasteiger partial charge in [0.1, 0.15) is 0 Å². The first kappa shape index (κ1) is 22.6. The number of aromatic nitrogens is 2. The first-order valence-electron chi connectivity index (χ1n) is 13.6. The molecule has 1 saturated heterocycles. The van der Waals surface area contributed by atoms with E-state index in [-0.39, 0.29) is 23.6 Å². The molecular formula is C28H35N3O5. The van der Waals surface area contributed by atoms with Crippen molar-refractivity contribution in [1.82, 2.24) is 14.6 Å². The number of hydrogen-bond donors (Lipinski definition) is 4. The molecule has 2 bridgehead atoms. The Bertz CT molecular complexity index is 1240. The van der Waals surface area contributed by atoms with Gasteiger partial charge < -0.3 is 29.8 Å². The van der Waals surface area contributed by atoms with Crippen LogP contribution >= 0.6 is 0 Å². The Balaban J connectivity index is 1.02. The Labute approximate surface area is 210 Å². The van der Waals surface area contributed by atoms with Gasteiger partial charge >= 0.3 is 0 Å². The molecular weight excluding hydrogens is 458 g/mol. The Kier molecular flexibility index (Phi) is 5.34. The van der Waals surface area contributed by atoms with Gasteiger partial charge in [-0.05, 0) is 69.2 Å². The molecule has 6 unspecified atom stereocenters. The highest BCUT2D eigenvalue weighted by Crippen LogP contribution is 2.60. The number of aromatic hydroxyl groups is 2. The number of nitrogens with zero attached hydrogens (tertiary/aromatic N) is 3. The average molecular weight is 494 g/mol. The summed E-state index contributed by atoms with van der Waals surface area (Å²) in [6.07, 6.45) is 4.46. The maximum absolute atomic E-state index is 11.0. The molecule has 2 saturated carbocycles. The molecule has 1 aliphatic heterocycles. The predicted octanol–water partition coefficient (Wildman–Crippen LogP) is 3.64. The molecule has 7 rings (SSSR count). The zero-order valence-electron chi connectivity index (χ0n) is 20.5. The summed E-state index contributed by atoms with van der Waals surface area (Å²) >= 11 is 0. The van der Waals surface area contributed by atoms with Crippen LogP contribution in [-0.2, 0) is 6.54 Å². The Morgan fingerprint density at radius 2 is 1.50 bits per heavy atom. The monoisotopic (exact) mass is 493 g/mol. The lowest BCUT2D eigenvalue weighted by atomic mass is 9.89. The summed E-state index contributed by atoms with van der Waals surface area (Å²) in [7, 11) is 0. The van der Waals surface area contributed by atoms with Crippen LogP contribution in [0, 0.1) is 11.8 Å². The zero-order valence-corrected chi connectivity index (χ0v) is 20.5. The molecule has 3 heterocycles. The van der Waals surface area contributed by atoms with E-state index >= 15 is 0 Å². The lowest BCUT2D eigenvalue weighted by Crippen LogP contribution is -2.38. The first-order chi connectivity index (χ1) is 17.5. The zero-order chi connectivity index (χ0) is 24.6. The number of aliphatic hydroxyl groups is 2. The number of hydrogen-bond acceptors (Lipinski definition) is 7. The standard InChI is InChI=1S/C28H35N3O5/c32-25-19-12-20(26(25)33)23-22(19)27(34)31(28(23)35)14-17-5-3-4-16(17)13-30-10-8-15(9-11-30)24-18-6-1-2-7-21(18)36-29-24/h1-2,6-7,15-17,19-20,25-26,32-35H,3-5,8-14H2. The minimum atomic E-state index is -0.860. The molecule has 2 aromatic heterocycles. The smallest absolute Gasteiger partial charge is 0.197 e. The lowest BCUT2D eigenvalue weighted by molar-refractivity contribution is 0.0211. The van der Waals surface area contributed by atoms with Crippen molar-refractivity contribution in [2.75, 3.05) is 19.6 Å². The van der Waals surface area contributed by atoms with Gasteiger partial charge in [0.25, 0.3) is 0 Å². The molecule has 3 fully saturated rings. The van der Waals surface area contributed by atoms with Crippen LogP contribution < -0.4 is 0 Å². The predicted molar refractivity (Wildman–Crippen MR) is 133 cm³/mol. The number of piperidine rings is 1. The van der Waals surface area contributed by atoms with Gasteiger partial charge in [0.05, 0.1) is 17.9 Å². The molecule has 8 heteroatoms. The second kappa shape index (κ2) is 8.50. The minimum Gasteiger partial charge on any atom is -0.494 e. The SMILES string of the molecule is Oc1c2c(c(O)n1CC1CCCC1CN1CCC(c3noc4ccccc34)CC1)C1CC2C(O)C1O. The van der Waals surface area contributed by atoms with Crippen LogP contribution in [0.4, 0.5) is 0 Å². The van der Waals surface area contributed by atoms with Gasteiger partial charge in [0.15, 0.2) is 17.3 Å². The third-order valence-electron chi connectivity index (χ3n) is 9.81. The number of para-hydroxylation sites is 1. The summed E-state index contributed by atoms with van der Waals surface area (Å²) in [4.78, 5) is 2.57. The van der Waals surface area contributed by atoms with E-state index in [9.17, 15) is 20.4 Å². The minimum absolute atomic E-state index is 0.0900. The molecule has 192 valence electrons. The number of fused-ring (bicyclic) bond motifs is 6. The Morgan fingerprint density at radius 1 is 0.861 bits per heavy atom.